The van der Waals surface area contributed by atoms with Gasteiger partial charge in [-0.25, -0.2) is 0 Å². The molecule has 22 heavy (non-hydrogen) atoms. The number of rotatable bonds is 7. The highest BCUT2D eigenvalue weighted by Gasteiger charge is 2.15. The summed E-state index contributed by atoms with van der Waals surface area (Å²) in [5.74, 6) is 1.29. The third kappa shape index (κ3) is 5.58. The molecule has 4 heteroatoms. The molecule has 0 bridgehead atoms. The standard InChI is InChI=1S/C18H27NO3/c1-2-13-21-16-11-7-8-12-17(16)22-14-18(20)19-15-9-5-3-4-6-10-15/h7-8,11-12,15H,2-6,9-10,13-14H2,1H3,(H,19,20). The quantitative estimate of drug-likeness (QED) is 0.781. The van der Waals surface area contributed by atoms with E-state index < -0.39 is 0 Å². The average molecular weight is 305 g/mol. The zero-order chi connectivity index (χ0) is 15.6. The molecule has 1 aliphatic rings. The molecule has 2 rings (SSSR count). The van der Waals surface area contributed by atoms with Crippen LogP contribution in [0.2, 0.25) is 0 Å². The van der Waals surface area contributed by atoms with Gasteiger partial charge in [-0.1, -0.05) is 44.7 Å². The molecule has 1 N–H and O–H groups in total. The van der Waals surface area contributed by atoms with Gasteiger partial charge in [0, 0.05) is 6.04 Å². The van der Waals surface area contributed by atoms with Gasteiger partial charge in [-0.15, -0.1) is 0 Å². The maximum atomic E-state index is 12.0. The lowest BCUT2D eigenvalue weighted by Crippen LogP contribution is -2.37. The number of hydrogen-bond acceptors (Lipinski definition) is 3. The Morgan fingerprint density at radius 2 is 1.73 bits per heavy atom. The number of nitrogens with one attached hydrogen (secondary N) is 1. The van der Waals surface area contributed by atoms with Gasteiger partial charge >= 0.3 is 0 Å². The Bertz CT molecular complexity index is 453. The third-order valence-corrected chi connectivity index (χ3v) is 3.89. The van der Waals surface area contributed by atoms with Crippen molar-refractivity contribution in [3.63, 3.8) is 0 Å². The first kappa shape index (κ1) is 16.7. The van der Waals surface area contributed by atoms with Crippen molar-refractivity contribution in [1.29, 1.82) is 0 Å². The van der Waals surface area contributed by atoms with E-state index in [-0.39, 0.29) is 12.5 Å². The van der Waals surface area contributed by atoms with Gasteiger partial charge in [0.25, 0.3) is 5.91 Å². The first-order valence-corrected chi connectivity index (χ1v) is 8.43. The Morgan fingerprint density at radius 1 is 1.09 bits per heavy atom. The summed E-state index contributed by atoms with van der Waals surface area (Å²) in [4.78, 5) is 12.0. The van der Waals surface area contributed by atoms with Crippen molar-refractivity contribution in [2.75, 3.05) is 13.2 Å². The molecule has 1 saturated carbocycles. The van der Waals surface area contributed by atoms with E-state index in [1.54, 1.807) is 0 Å². The maximum absolute atomic E-state index is 12.0. The molecule has 0 heterocycles. The van der Waals surface area contributed by atoms with Crippen LogP contribution in [-0.2, 0) is 4.79 Å². The van der Waals surface area contributed by atoms with Crippen molar-refractivity contribution in [2.45, 2.75) is 57.9 Å². The Balaban J connectivity index is 1.80. The minimum Gasteiger partial charge on any atom is -0.490 e. The van der Waals surface area contributed by atoms with Gasteiger partial charge in [0.05, 0.1) is 6.61 Å². The van der Waals surface area contributed by atoms with Crippen molar-refractivity contribution in [2.24, 2.45) is 0 Å². The zero-order valence-electron chi connectivity index (χ0n) is 13.5. The summed E-state index contributed by atoms with van der Waals surface area (Å²) in [5, 5.41) is 3.09. The van der Waals surface area contributed by atoms with Gasteiger partial charge in [-0.2, -0.15) is 0 Å². The number of carbonyl (C=O) groups is 1. The lowest BCUT2D eigenvalue weighted by Gasteiger charge is -2.17. The molecule has 1 fully saturated rings. The van der Waals surface area contributed by atoms with Crippen molar-refractivity contribution in [3.8, 4) is 11.5 Å². The number of para-hydroxylation sites is 2. The number of hydrogen-bond donors (Lipinski definition) is 1. The fourth-order valence-corrected chi connectivity index (χ4v) is 2.74. The smallest absolute Gasteiger partial charge is 0.258 e. The van der Waals surface area contributed by atoms with E-state index in [0.29, 0.717) is 24.1 Å². The normalized spacial score (nSPS) is 15.9. The van der Waals surface area contributed by atoms with Gasteiger partial charge in [0.1, 0.15) is 0 Å². The largest absolute Gasteiger partial charge is 0.490 e. The lowest BCUT2D eigenvalue weighted by atomic mass is 10.1. The zero-order valence-corrected chi connectivity index (χ0v) is 13.5. The summed E-state index contributed by atoms with van der Waals surface area (Å²) in [6, 6.07) is 7.81. The summed E-state index contributed by atoms with van der Waals surface area (Å²) in [5.41, 5.74) is 0. The minimum atomic E-state index is -0.0443. The second-order valence-electron chi connectivity index (χ2n) is 5.84. The van der Waals surface area contributed by atoms with Crippen LogP contribution >= 0.6 is 0 Å². The minimum absolute atomic E-state index is 0.0443. The molecule has 0 aliphatic heterocycles. The summed E-state index contributed by atoms with van der Waals surface area (Å²) >= 11 is 0. The van der Waals surface area contributed by atoms with Gasteiger partial charge < -0.3 is 14.8 Å². The third-order valence-electron chi connectivity index (χ3n) is 3.89. The highest BCUT2D eigenvalue weighted by molar-refractivity contribution is 5.77. The Kier molecular flexibility index (Phi) is 7.07. The molecule has 122 valence electrons. The predicted molar refractivity (Wildman–Crippen MR) is 87.4 cm³/mol. The molecule has 1 aromatic carbocycles. The van der Waals surface area contributed by atoms with Crippen LogP contribution in [0.15, 0.2) is 24.3 Å². The highest BCUT2D eigenvalue weighted by Crippen LogP contribution is 2.26. The van der Waals surface area contributed by atoms with Crippen molar-refractivity contribution in [1.82, 2.24) is 5.32 Å². The number of benzene rings is 1. The summed E-state index contributed by atoms with van der Waals surface area (Å²) in [6.07, 6.45) is 8.09. The SMILES string of the molecule is CCCOc1ccccc1OCC(=O)NC1CCCCCC1. The Morgan fingerprint density at radius 3 is 2.36 bits per heavy atom. The Labute approximate surface area is 133 Å². The number of amides is 1. The molecule has 1 aliphatic carbocycles. The van der Waals surface area contributed by atoms with Crippen LogP contribution in [-0.4, -0.2) is 25.2 Å². The molecule has 0 aromatic heterocycles. The van der Waals surface area contributed by atoms with Crippen LogP contribution in [0.4, 0.5) is 0 Å². The molecule has 1 amide bonds. The molecular weight excluding hydrogens is 278 g/mol. The van der Waals surface area contributed by atoms with Gasteiger partial charge in [-0.3, -0.25) is 4.79 Å². The van der Waals surface area contributed by atoms with Crippen LogP contribution in [0, 0.1) is 0 Å². The van der Waals surface area contributed by atoms with Crippen LogP contribution in [0.5, 0.6) is 11.5 Å². The molecule has 0 unspecified atom stereocenters. The molecule has 0 radical (unpaired) electrons. The predicted octanol–water partition coefficient (Wildman–Crippen LogP) is 3.69. The van der Waals surface area contributed by atoms with Crippen LogP contribution in [0.3, 0.4) is 0 Å². The van der Waals surface area contributed by atoms with E-state index in [1.807, 2.05) is 24.3 Å². The fraction of sp³-hybridized carbons (Fsp3) is 0.611. The van der Waals surface area contributed by atoms with E-state index in [0.717, 1.165) is 19.3 Å². The van der Waals surface area contributed by atoms with Crippen molar-refractivity contribution < 1.29 is 14.3 Å². The summed E-state index contributed by atoms with van der Waals surface area (Å²) < 4.78 is 11.3. The molecular formula is C18H27NO3. The molecule has 0 saturated heterocycles. The molecule has 0 spiro atoms. The van der Waals surface area contributed by atoms with Crippen LogP contribution in [0.1, 0.15) is 51.9 Å². The van der Waals surface area contributed by atoms with E-state index in [9.17, 15) is 4.79 Å². The molecule has 4 nitrogen and oxygen atoms in total. The van der Waals surface area contributed by atoms with Gasteiger partial charge in [-0.05, 0) is 31.4 Å². The average Bonchev–Trinajstić information content (AvgIpc) is 2.80. The Hall–Kier alpha value is -1.71. The van der Waals surface area contributed by atoms with Crippen molar-refractivity contribution >= 4 is 5.91 Å². The van der Waals surface area contributed by atoms with E-state index in [1.165, 1.54) is 25.7 Å². The van der Waals surface area contributed by atoms with Gasteiger partial charge in [0.2, 0.25) is 0 Å². The topological polar surface area (TPSA) is 47.6 Å². The highest BCUT2D eigenvalue weighted by atomic mass is 16.5. The van der Waals surface area contributed by atoms with Crippen LogP contribution in [0.25, 0.3) is 0 Å². The van der Waals surface area contributed by atoms with E-state index in [2.05, 4.69) is 12.2 Å². The first-order valence-electron chi connectivity index (χ1n) is 8.43. The first-order chi connectivity index (χ1) is 10.8. The monoisotopic (exact) mass is 305 g/mol. The number of ether oxygens (including phenoxy) is 2. The summed E-state index contributed by atoms with van der Waals surface area (Å²) in [7, 11) is 0. The van der Waals surface area contributed by atoms with Gasteiger partial charge in [0.15, 0.2) is 18.1 Å². The van der Waals surface area contributed by atoms with E-state index >= 15 is 0 Å². The lowest BCUT2D eigenvalue weighted by molar-refractivity contribution is -0.123. The molecule has 0 atom stereocenters. The van der Waals surface area contributed by atoms with E-state index in [4.69, 9.17) is 9.47 Å². The van der Waals surface area contributed by atoms with Crippen molar-refractivity contribution in [3.05, 3.63) is 24.3 Å². The second kappa shape index (κ2) is 9.34. The van der Waals surface area contributed by atoms with Crippen LogP contribution < -0.4 is 14.8 Å². The number of carbonyl (C=O) groups excluding carboxylic acids is 1. The summed E-state index contributed by atoms with van der Waals surface area (Å²) in [6.45, 7) is 2.75. The second-order valence-corrected chi connectivity index (χ2v) is 5.84. The molecule has 1 aromatic rings. The fourth-order valence-electron chi connectivity index (χ4n) is 2.74. The maximum Gasteiger partial charge on any atom is 0.258 e.